The quantitative estimate of drug-likeness (QED) is 0.885. The van der Waals surface area contributed by atoms with Crippen LogP contribution in [0.3, 0.4) is 0 Å². The molecule has 0 unspecified atom stereocenters. The molecule has 1 amide bonds. The number of methoxy groups -OCH3 is 2. The summed E-state index contributed by atoms with van der Waals surface area (Å²) >= 11 is 0. The van der Waals surface area contributed by atoms with Gasteiger partial charge in [-0.1, -0.05) is 18.2 Å². The number of carbonyl (C=O) groups is 1. The zero-order valence-electron chi connectivity index (χ0n) is 11.0. The number of ether oxygens (including phenoxy) is 3. The van der Waals surface area contributed by atoms with E-state index in [0.717, 1.165) is 0 Å². The first-order valence-corrected chi connectivity index (χ1v) is 5.68. The Morgan fingerprint density at radius 3 is 2.05 bits per heavy atom. The van der Waals surface area contributed by atoms with Crippen molar-refractivity contribution >= 4 is 5.91 Å². The van der Waals surface area contributed by atoms with Crippen molar-refractivity contribution in [1.29, 1.82) is 0 Å². The summed E-state index contributed by atoms with van der Waals surface area (Å²) in [6, 6.07) is 8.94. The first kappa shape index (κ1) is 13.6. The monoisotopic (exact) mass is 275 g/mol. The number of nitrogens with zero attached hydrogens (tertiary/aromatic N) is 2. The number of nitrogens with two attached hydrogens (primary N) is 1. The van der Waals surface area contributed by atoms with Crippen LogP contribution in [0, 0.1) is 0 Å². The van der Waals surface area contributed by atoms with Gasteiger partial charge < -0.3 is 19.9 Å². The Balaban J connectivity index is 2.43. The smallest absolute Gasteiger partial charge is 0.328 e. The minimum atomic E-state index is -0.745. The van der Waals surface area contributed by atoms with Gasteiger partial charge in [0.2, 0.25) is 11.8 Å². The third-order valence-electron chi connectivity index (χ3n) is 2.41. The maximum atomic E-state index is 11.4. The molecule has 1 aromatic carbocycles. The molecule has 0 atom stereocenters. The van der Waals surface area contributed by atoms with Crippen molar-refractivity contribution in [2.24, 2.45) is 5.73 Å². The molecule has 0 bridgehead atoms. The number of primary amides is 1. The zero-order valence-corrected chi connectivity index (χ0v) is 11.0. The fourth-order valence-electron chi connectivity index (χ4n) is 1.55. The molecule has 2 rings (SSSR count). The third kappa shape index (κ3) is 2.77. The van der Waals surface area contributed by atoms with E-state index in [4.69, 9.17) is 19.9 Å². The second-order valence-electron chi connectivity index (χ2n) is 3.68. The molecule has 20 heavy (non-hydrogen) atoms. The summed E-state index contributed by atoms with van der Waals surface area (Å²) < 4.78 is 15.5. The number of hydrogen-bond acceptors (Lipinski definition) is 6. The average Bonchev–Trinajstić information content (AvgIpc) is 2.46. The lowest BCUT2D eigenvalue weighted by molar-refractivity contribution is 0.0992. The van der Waals surface area contributed by atoms with Crippen LogP contribution >= 0.6 is 0 Å². The lowest BCUT2D eigenvalue weighted by atomic mass is 10.3. The second kappa shape index (κ2) is 5.87. The molecular formula is C13H13N3O4. The molecule has 2 N–H and O–H groups in total. The summed E-state index contributed by atoms with van der Waals surface area (Å²) in [7, 11) is 2.72. The standard InChI is InChI=1S/C13H13N3O4/c1-18-11-9(10(14)17)12(19-2)16-13(15-11)20-8-6-4-3-5-7-8/h3-7H,1-2H3,(H2,14,17). The van der Waals surface area contributed by atoms with Crippen molar-refractivity contribution in [3.8, 4) is 23.5 Å². The molecule has 0 aliphatic heterocycles. The number of aromatic nitrogens is 2. The first-order valence-electron chi connectivity index (χ1n) is 5.68. The van der Waals surface area contributed by atoms with Gasteiger partial charge in [0.05, 0.1) is 14.2 Å². The fraction of sp³-hybridized carbons (Fsp3) is 0.154. The number of carbonyl (C=O) groups excluding carboxylic acids is 1. The Morgan fingerprint density at radius 2 is 1.60 bits per heavy atom. The minimum Gasteiger partial charge on any atom is -0.480 e. The Kier molecular flexibility index (Phi) is 3.99. The van der Waals surface area contributed by atoms with Gasteiger partial charge in [-0.3, -0.25) is 4.79 Å². The Labute approximate surface area is 115 Å². The van der Waals surface area contributed by atoms with Crippen molar-refractivity contribution in [3.05, 3.63) is 35.9 Å². The first-order chi connectivity index (χ1) is 9.65. The van der Waals surface area contributed by atoms with Crippen LogP contribution in [0.2, 0.25) is 0 Å². The van der Waals surface area contributed by atoms with Crippen molar-refractivity contribution in [1.82, 2.24) is 9.97 Å². The molecule has 7 nitrogen and oxygen atoms in total. The van der Waals surface area contributed by atoms with E-state index in [9.17, 15) is 4.79 Å². The lowest BCUT2D eigenvalue weighted by Gasteiger charge is -2.11. The molecule has 1 heterocycles. The van der Waals surface area contributed by atoms with E-state index in [-0.39, 0.29) is 23.3 Å². The molecule has 0 aliphatic rings. The summed E-state index contributed by atoms with van der Waals surface area (Å²) in [6.07, 6.45) is 0. The van der Waals surface area contributed by atoms with E-state index < -0.39 is 5.91 Å². The number of benzene rings is 1. The van der Waals surface area contributed by atoms with Gasteiger partial charge in [0, 0.05) is 0 Å². The normalized spacial score (nSPS) is 9.90. The van der Waals surface area contributed by atoms with Crippen molar-refractivity contribution in [2.75, 3.05) is 14.2 Å². The molecule has 0 aliphatic carbocycles. The van der Waals surface area contributed by atoms with Crippen molar-refractivity contribution in [3.63, 3.8) is 0 Å². The average molecular weight is 275 g/mol. The molecule has 104 valence electrons. The molecule has 7 heteroatoms. The third-order valence-corrected chi connectivity index (χ3v) is 2.41. The van der Waals surface area contributed by atoms with E-state index in [2.05, 4.69) is 9.97 Å². The van der Waals surface area contributed by atoms with Crippen LogP contribution in [-0.4, -0.2) is 30.1 Å². The van der Waals surface area contributed by atoms with Crippen LogP contribution in [0.4, 0.5) is 0 Å². The van der Waals surface area contributed by atoms with Gasteiger partial charge in [-0.25, -0.2) is 0 Å². The number of amides is 1. The summed E-state index contributed by atoms with van der Waals surface area (Å²) in [5.74, 6) is -0.209. The van der Waals surface area contributed by atoms with E-state index in [1.807, 2.05) is 18.2 Å². The van der Waals surface area contributed by atoms with Crippen molar-refractivity contribution in [2.45, 2.75) is 0 Å². The number of hydrogen-bond donors (Lipinski definition) is 1. The lowest BCUT2D eigenvalue weighted by Crippen LogP contribution is -2.16. The molecule has 0 saturated heterocycles. The van der Waals surface area contributed by atoms with Crippen LogP contribution < -0.4 is 19.9 Å². The summed E-state index contributed by atoms with van der Waals surface area (Å²) in [5.41, 5.74) is 5.22. The largest absolute Gasteiger partial charge is 0.480 e. The predicted octanol–water partition coefficient (Wildman–Crippen LogP) is 1.39. The van der Waals surface area contributed by atoms with Crippen LogP contribution in [0.1, 0.15) is 10.4 Å². The van der Waals surface area contributed by atoms with Gasteiger partial charge in [-0.2, -0.15) is 9.97 Å². The Morgan fingerprint density at radius 1 is 1.05 bits per heavy atom. The van der Waals surface area contributed by atoms with E-state index in [0.29, 0.717) is 5.75 Å². The van der Waals surface area contributed by atoms with E-state index in [1.165, 1.54) is 14.2 Å². The highest BCUT2D eigenvalue weighted by Gasteiger charge is 2.21. The molecule has 0 spiro atoms. The highest BCUT2D eigenvalue weighted by molar-refractivity contribution is 5.97. The molecule has 0 saturated carbocycles. The highest BCUT2D eigenvalue weighted by Crippen LogP contribution is 2.28. The van der Waals surface area contributed by atoms with Gasteiger partial charge >= 0.3 is 6.01 Å². The van der Waals surface area contributed by atoms with Crippen LogP contribution in [0.15, 0.2) is 30.3 Å². The topological polar surface area (TPSA) is 96.6 Å². The molecule has 1 aromatic heterocycles. The molecular weight excluding hydrogens is 262 g/mol. The number of para-hydroxylation sites is 1. The second-order valence-corrected chi connectivity index (χ2v) is 3.68. The SMILES string of the molecule is COc1nc(Oc2ccccc2)nc(OC)c1C(N)=O. The van der Waals surface area contributed by atoms with Crippen LogP contribution in [0.5, 0.6) is 23.5 Å². The van der Waals surface area contributed by atoms with Crippen LogP contribution in [0.25, 0.3) is 0 Å². The minimum absolute atomic E-state index is 0.00437. The maximum absolute atomic E-state index is 11.4. The van der Waals surface area contributed by atoms with Gasteiger partial charge in [0.15, 0.2) is 5.56 Å². The maximum Gasteiger partial charge on any atom is 0.328 e. The molecule has 0 fully saturated rings. The predicted molar refractivity (Wildman–Crippen MR) is 70.2 cm³/mol. The number of rotatable bonds is 5. The zero-order chi connectivity index (χ0) is 14.5. The summed E-state index contributed by atoms with van der Waals surface area (Å²) in [6.45, 7) is 0. The fourth-order valence-corrected chi connectivity index (χ4v) is 1.55. The Hall–Kier alpha value is -2.83. The van der Waals surface area contributed by atoms with Gasteiger partial charge in [-0.05, 0) is 12.1 Å². The summed E-state index contributed by atoms with van der Waals surface area (Å²) in [4.78, 5) is 19.3. The molecule has 0 radical (unpaired) electrons. The van der Waals surface area contributed by atoms with Gasteiger partial charge in [-0.15, -0.1) is 0 Å². The molecule has 2 aromatic rings. The van der Waals surface area contributed by atoms with E-state index >= 15 is 0 Å². The van der Waals surface area contributed by atoms with Gasteiger partial charge in [0.25, 0.3) is 5.91 Å². The Bertz CT molecular complexity index is 591. The highest BCUT2D eigenvalue weighted by atomic mass is 16.5. The summed E-state index contributed by atoms with van der Waals surface area (Å²) in [5, 5.41) is 0. The van der Waals surface area contributed by atoms with Gasteiger partial charge in [0.1, 0.15) is 5.75 Å². The van der Waals surface area contributed by atoms with Crippen molar-refractivity contribution < 1.29 is 19.0 Å². The van der Waals surface area contributed by atoms with Crippen LogP contribution in [-0.2, 0) is 0 Å². The van der Waals surface area contributed by atoms with E-state index in [1.54, 1.807) is 12.1 Å².